The number of methoxy groups -OCH3 is 1. The van der Waals surface area contributed by atoms with E-state index in [2.05, 4.69) is 15.6 Å². The number of pyridine rings is 1. The van der Waals surface area contributed by atoms with Gasteiger partial charge in [-0.25, -0.2) is 14.6 Å². The van der Waals surface area contributed by atoms with Crippen LogP contribution in [0, 0.1) is 0 Å². The van der Waals surface area contributed by atoms with Crippen LogP contribution in [0.5, 0.6) is 5.88 Å². The number of nitrogens with zero attached hydrogens (tertiary/aromatic N) is 1. The van der Waals surface area contributed by atoms with Crippen molar-refractivity contribution in [3.05, 3.63) is 23.9 Å². The van der Waals surface area contributed by atoms with Crippen molar-refractivity contribution in [3.63, 3.8) is 0 Å². The van der Waals surface area contributed by atoms with Crippen molar-refractivity contribution in [2.75, 3.05) is 7.11 Å². The topological polar surface area (TPSA) is 144 Å². The summed E-state index contributed by atoms with van der Waals surface area (Å²) in [7, 11) is 1.48. The summed E-state index contributed by atoms with van der Waals surface area (Å²) in [5.74, 6) is -1.72. The normalized spacial score (nSPS) is 11.3. The first-order valence-corrected chi connectivity index (χ1v) is 5.96. The van der Waals surface area contributed by atoms with E-state index in [1.165, 1.54) is 13.3 Å². The molecule has 3 amide bonds. The number of carbonyl (C=O) groups excluding carboxylic acids is 2. The maximum Gasteiger partial charge on any atom is 0.326 e. The fourth-order valence-corrected chi connectivity index (χ4v) is 1.43. The van der Waals surface area contributed by atoms with Gasteiger partial charge >= 0.3 is 12.0 Å². The number of carboxylic acids is 1. The molecule has 0 saturated heterocycles. The van der Waals surface area contributed by atoms with Crippen molar-refractivity contribution in [1.29, 1.82) is 0 Å². The van der Waals surface area contributed by atoms with E-state index in [1.807, 2.05) is 0 Å². The molecule has 1 rings (SSSR count). The summed E-state index contributed by atoms with van der Waals surface area (Å²) < 4.78 is 4.89. The van der Waals surface area contributed by atoms with Crippen LogP contribution >= 0.6 is 0 Å². The van der Waals surface area contributed by atoms with Crippen molar-refractivity contribution < 1.29 is 24.2 Å². The van der Waals surface area contributed by atoms with E-state index in [1.54, 1.807) is 12.1 Å². The number of nitrogens with two attached hydrogens (primary N) is 1. The van der Waals surface area contributed by atoms with Crippen LogP contribution in [-0.2, 0) is 16.1 Å². The Hall–Kier alpha value is -2.84. The zero-order chi connectivity index (χ0) is 15.8. The zero-order valence-corrected chi connectivity index (χ0v) is 11.3. The van der Waals surface area contributed by atoms with Crippen molar-refractivity contribution in [2.45, 2.75) is 19.0 Å². The summed E-state index contributed by atoms with van der Waals surface area (Å²) in [5.41, 5.74) is 5.61. The molecule has 0 radical (unpaired) electrons. The predicted octanol–water partition coefficient (Wildman–Crippen LogP) is -0.782. The smallest absolute Gasteiger partial charge is 0.326 e. The number of nitrogens with one attached hydrogen (secondary N) is 2. The molecule has 0 aromatic carbocycles. The summed E-state index contributed by atoms with van der Waals surface area (Å²) in [5, 5.41) is 13.4. The molecule has 0 aliphatic rings. The molecule has 1 aromatic rings. The minimum atomic E-state index is -1.36. The second-order valence-electron chi connectivity index (χ2n) is 4.10. The number of carbonyl (C=O) groups is 3. The Morgan fingerprint density at radius 2 is 2.14 bits per heavy atom. The number of hydrogen-bond acceptors (Lipinski definition) is 5. The highest BCUT2D eigenvalue weighted by molar-refractivity contribution is 5.87. The molecular formula is C12H16N4O5. The summed E-state index contributed by atoms with van der Waals surface area (Å²) in [6, 6.07) is 1.24. The van der Waals surface area contributed by atoms with Gasteiger partial charge < -0.3 is 26.2 Å². The molecular weight excluding hydrogens is 280 g/mol. The Kier molecular flexibility index (Phi) is 5.93. The third kappa shape index (κ3) is 5.76. The number of ether oxygens (including phenoxy) is 1. The van der Waals surface area contributed by atoms with Gasteiger partial charge in [0.15, 0.2) is 0 Å². The number of hydrogen-bond donors (Lipinski definition) is 4. The van der Waals surface area contributed by atoms with Crippen molar-refractivity contribution in [3.8, 4) is 5.88 Å². The van der Waals surface area contributed by atoms with Gasteiger partial charge in [-0.2, -0.15) is 0 Å². The lowest BCUT2D eigenvalue weighted by Gasteiger charge is -2.13. The first-order valence-electron chi connectivity index (χ1n) is 5.96. The third-order valence-electron chi connectivity index (χ3n) is 2.47. The largest absolute Gasteiger partial charge is 0.481 e. The van der Waals surface area contributed by atoms with E-state index < -0.39 is 30.4 Å². The SMILES string of the molecule is COc1ccc(CNC(=O)NC(CC(N)=O)C(=O)O)cn1. The predicted molar refractivity (Wildman–Crippen MR) is 71.4 cm³/mol. The Bertz CT molecular complexity index is 517. The van der Waals surface area contributed by atoms with Crippen molar-refractivity contribution in [2.24, 2.45) is 5.73 Å². The van der Waals surface area contributed by atoms with Crippen LogP contribution in [0.15, 0.2) is 18.3 Å². The number of aliphatic carboxylic acids is 1. The van der Waals surface area contributed by atoms with Gasteiger partial charge in [0.25, 0.3) is 0 Å². The number of primary amides is 1. The highest BCUT2D eigenvalue weighted by Crippen LogP contribution is 2.06. The summed E-state index contributed by atoms with van der Waals surface area (Å²) >= 11 is 0. The van der Waals surface area contributed by atoms with Gasteiger partial charge in [0.05, 0.1) is 13.5 Å². The minimum absolute atomic E-state index is 0.145. The molecule has 1 unspecified atom stereocenters. The van der Waals surface area contributed by atoms with Gasteiger partial charge in [-0.1, -0.05) is 6.07 Å². The highest BCUT2D eigenvalue weighted by Gasteiger charge is 2.21. The lowest BCUT2D eigenvalue weighted by Crippen LogP contribution is -2.47. The molecule has 0 aliphatic carbocycles. The highest BCUT2D eigenvalue weighted by atomic mass is 16.5. The summed E-state index contributed by atoms with van der Waals surface area (Å²) in [6.45, 7) is 0.145. The molecule has 0 saturated carbocycles. The Morgan fingerprint density at radius 3 is 2.62 bits per heavy atom. The summed E-state index contributed by atoms with van der Waals surface area (Å²) in [4.78, 5) is 37.1. The monoisotopic (exact) mass is 296 g/mol. The van der Waals surface area contributed by atoms with E-state index in [0.717, 1.165) is 0 Å². The van der Waals surface area contributed by atoms with Crippen LogP contribution < -0.4 is 21.1 Å². The van der Waals surface area contributed by atoms with Crippen molar-refractivity contribution >= 4 is 17.9 Å². The molecule has 1 atom stereocenters. The van der Waals surface area contributed by atoms with E-state index in [0.29, 0.717) is 11.4 Å². The van der Waals surface area contributed by atoms with Crippen LogP contribution in [-0.4, -0.2) is 41.1 Å². The van der Waals surface area contributed by atoms with Gasteiger partial charge in [0, 0.05) is 18.8 Å². The number of aromatic nitrogens is 1. The molecule has 21 heavy (non-hydrogen) atoms. The maximum absolute atomic E-state index is 11.6. The van der Waals surface area contributed by atoms with Crippen molar-refractivity contribution in [1.82, 2.24) is 15.6 Å². The van der Waals surface area contributed by atoms with Crippen LogP contribution in [0.3, 0.4) is 0 Å². The van der Waals surface area contributed by atoms with Gasteiger partial charge in [0.1, 0.15) is 6.04 Å². The average molecular weight is 296 g/mol. The zero-order valence-electron chi connectivity index (χ0n) is 11.3. The van der Waals surface area contributed by atoms with E-state index >= 15 is 0 Å². The Balaban J connectivity index is 2.48. The molecule has 114 valence electrons. The minimum Gasteiger partial charge on any atom is -0.481 e. The molecule has 1 heterocycles. The fraction of sp³-hybridized carbons (Fsp3) is 0.333. The molecule has 0 bridgehead atoms. The third-order valence-corrected chi connectivity index (χ3v) is 2.47. The van der Waals surface area contributed by atoms with Crippen LogP contribution in [0.2, 0.25) is 0 Å². The first kappa shape index (κ1) is 16.2. The summed E-state index contributed by atoms with van der Waals surface area (Å²) in [6.07, 6.45) is 1.03. The van der Waals surface area contributed by atoms with Crippen LogP contribution in [0.25, 0.3) is 0 Å². The van der Waals surface area contributed by atoms with E-state index in [9.17, 15) is 14.4 Å². The lowest BCUT2D eigenvalue weighted by atomic mass is 10.2. The Morgan fingerprint density at radius 1 is 1.43 bits per heavy atom. The quantitative estimate of drug-likeness (QED) is 0.519. The van der Waals surface area contributed by atoms with Gasteiger partial charge in [0.2, 0.25) is 11.8 Å². The number of carboxylic acid groups (broad SMARTS) is 1. The van der Waals surface area contributed by atoms with Crippen LogP contribution in [0.1, 0.15) is 12.0 Å². The Labute approximate surface area is 120 Å². The number of urea groups is 1. The van der Waals surface area contributed by atoms with E-state index in [4.69, 9.17) is 15.6 Å². The fourth-order valence-electron chi connectivity index (χ4n) is 1.43. The molecule has 9 nitrogen and oxygen atoms in total. The number of amides is 3. The van der Waals surface area contributed by atoms with Gasteiger partial charge in [-0.15, -0.1) is 0 Å². The standard InChI is InChI=1S/C12H16N4O5/c1-21-10-3-2-7(5-14-10)6-15-12(20)16-8(11(18)19)4-9(13)17/h2-3,5,8H,4,6H2,1H3,(H2,13,17)(H,18,19)(H2,15,16,20). The lowest BCUT2D eigenvalue weighted by molar-refractivity contribution is -0.140. The second-order valence-corrected chi connectivity index (χ2v) is 4.10. The maximum atomic E-state index is 11.6. The van der Waals surface area contributed by atoms with Crippen LogP contribution in [0.4, 0.5) is 4.79 Å². The molecule has 5 N–H and O–H groups in total. The number of rotatable bonds is 7. The van der Waals surface area contributed by atoms with Gasteiger partial charge in [-0.05, 0) is 5.56 Å². The average Bonchev–Trinajstić information content (AvgIpc) is 2.44. The molecule has 0 fully saturated rings. The van der Waals surface area contributed by atoms with Gasteiger partial charge in [-0.3, -0.25) is 4.79 Å². The molecule has 9 heteroatoms. The van der Waals surface area contributed by atoms with E-state index in [-0.39, 0.29) is 6.54 Å². The second kappa shape index (κ2) is 7.68. The molecule has 0 aliphatic heterocycles. The first-order chi connectivity index (χ1) is 9.92. The molecule has 0 spiro atoms. The molecule has 1 aromatic heterocycles.